The van der Waals surface area contributed by atoms with E-state index in [-0.39, 0.29) is 16.9 Å². The molecule has 0 unspecified atom stereocenters. The van der Waals surface area contributed by atoms with E-state index in [0.29, 0.717) is 22.9 Å². The zero-order valence-corrected chi connectivity index (χ0v) is 14.0. The van der Waals surface area contributed by atoms with Crippen molar-refractivity contribution in [3.05, 3.63) is 54.3 Å². The van der Waals surface area contributed by atoms with Crippen molar-refractivity contribution >= 4 is 23.4 Å². The first-order chi connectivity index (χ1) is 12.2. The fraction of sp³-hybridized carbons (Fsp3) is 0.118. The zero-order valence-electron chi connectivity index (χ0n) is 13.2. The topological polar surface area (TPSA) is 77.2 Å². The molecule has 3 aromatic rings. The van der Waals surface area contributed by atoms with Crippen LogP contribution in [0.15, 0.2) is 58.2 Å². The van der Waals surface area contributed by atoms with Crippen LogP contribution in [0.5, 0.6) is 5.75 Å². The number of benzene rings is 2. The molecule has 1 aromatic heterocycles. The summed E-state index contributed by atoms with van der Waals surface area (Å²) in [5.74, 6) is 0.276. The maximum Gasteiger partial charge on any atom is 0.277 e. The molecule has 0 saturated heterocycles. The molecule has 0 aliphatic heterocycles. The summed E-state index contributed by atoms with van der Waals surface area (Å²) in [6.45, 7) is 0. The van der Waals surface area contributed by atoms with E-state index < -0.39 is 5.82 Å². The largest absolute Gasteiger partial charge is 0.496 e. The Balaban J connectivity index is 1.61. The lowest BCUT2D eigenvalue weighted by Crippen LogP contribution is -2.14. The van der Waals surface area contributed by atoms with Gasteiger partial charge in [-0.3, -0.25) is 4.79 Å². The lowest BCUT2D eigenvalue weighted by Gasteiger charge is -2.04. The number of para-hydroxylation sites is 1. The first-order valence-corrected chi connectivity index (χ1v) is 8.29. The van der Waals surface area contributed by atoms with E-state index in [2.05, 4.69) is 15.5 Å². The van der Waals surface area contributed by atoms with Gasteiger partial charge < -0.3 is 14.5 Å². The van der Waals surface area contributed by atoms with Crippen LogP contribution >= 0.6 is 11.8 Å². The van der Waals surface area contributed by atoms with E-state index in [1.807, 2.05) is 12.1 Å². The third-order valence-corrected chi connectivity index (χ3v) is 4.00. The molecule has 1 heterocycles. The summed E-state index contributed by atoms with van der Waals surface area (Å²) in [6.07, 6.45) is 0. The summed E-state index contributed by atoms with van der Waals surface area (Å²) in [5, 5.41) is 10.7. The predicted octanol–water partition coefficient (Wildman–Crippen LogP) is 3.62. The summed E-state index contributed by atoms with van der Waals surface area (Å²) in [4.78, 5) is 11.9. The molecule has 0 aliphatic carbocycles. The number of methoxy groups -OCH3 is 1. The lowest BCUT2D eigenvalue weighted by molar-refractivity contribution is -0.113. The number of amides is 1. The van der Waals surface area contributed by atoms with Crippen molar-refractivity contribution in [2.75, 3.05) is 18.2 Å². The number of rotatable bonds is 6. The monoisotopic (exact) mass is 359 g/mol. The highest BCUT2D eigenvalue weighted by atomic mass is 32.2. The molecule has 3 rings (SSSR count). The Morgan fingerprint density at radius 3 is 2.88 bits per heavy atom. The van der Waals surface area contributed by atoms with Gasteiger partial charge in [0, 0.05) is 5.69 Å². The van der Waals surface area contributed by atoms with Crippen LogP contribution in [0, 0.1) is 5.82 Å². The molecule has 128 valence electrons. The minimum absolute atomic E-state index is 0.0596. The molecule has 0 spiro atoms. The molecule has 0 aliphatic rings. The number of nitrogens with zero attached hydrogens (tertiary/aromatic N) is 2. The third kappa shape index (κ3) is 4.36. The molecule has 0 atom stereocenters. The number of nitrogens with one attached hydrogen (secondary N) is 1. The second-order valence-electron chi connectivity index (χ2n) is 4.92. The smallest absolute Gasteiger partial charge is 0.277 e. The van der Waals surface area contributed by atoms with Gasteiger partial charge in [-0.25, -0.2) is 4.39 Å². The van der Waals surface area contributed by atoms with E-state index >= 15 is 0 Å². The lowest BCUT2D eigenvalue weighted by atomic mass is 10.2. The standard InChI is InChI=1S/C17H14FN3O3S/c1-23-14-8-3-2-7-13(14)16-20-21-17(24-16)25-10-15(22)19-12-6-4-5-11(18)9-12/h2-9H,10H2,1H3,(H,19,22). The summed E-state index contributed by atoms with van der Waals surface area (Å²) in [7, 11) is 1.56. The Bertz CT molecular complexity index is 885. The van der Waals surface area contributed by atoms with Crippen LogP contribution in [0.4, 0.5) is 10.1 Å². The SMILES string of the molecule is COc1ccccc1-c1nnc(SCC(=O)Nc2cccc(F)c2)o1. The Kier molecular flexibility index (Phi) is 5.30. The van der Waals surface area contributed by atoms with Crippen LogP contribution in [-0.2, 0) is 4.79 Å². The average molecular weight is 359 g/mol. The van der Waals surface area contributed by atoms with Crippen molar-refractivity contribution < 1.29 is 18.3 Å². The van der Waals surface area contributed by atoms with Crippen molar-refractivity contribution in [2.45, 2.75) is 5.22 Å². The van der Waals surface area contributed by atoms with Crippen LogP contribution in [0.2, 0.25) is 0 Å². The van der Waals surface area contributed by atoms with E-state index in [4.69, 9.17) is 9.15 Å². The number of anilines is 1. The van der Waals surface area contributed by atoms with Gasteiger partial charge in [0.25, 0.3) is 11.1 Å². The second-order valence-corrected chi connectivity index (χ2v) is 5.85. The number of hydrogen-bond donors (Lipinski definition) is 1. The van der Waals surface area contributed by atoms with Gasteiger partial charge in [-0.15, -0.1) is 10.2 Å². The van der Waals surface area contributed by atoms with Crippen molar-refractivity contribution in [3.8, 4) is 17.2 Å². The maximum atomic E-state index is 13.1. The normalized spacial score (nSPS) is 10.5. The highest BCUT2D eigenvalue weighted by Crippen LogP contribution is 2.30. The number of carbonyl (C=O) groups excluding carboxylic acids is 1. The van der Waals surface area contributed by atoms with Gasteiger partial charge in [0.05, 0.1) is 18.4 Å². The maximum absolute atomic E-state index is 13.1. The Morgan fingerprint density at radius 2 is 2.08 bits per heavy atom. The van der Waals surface area contributed by atoms with Gasteiger partial charge in [0.15, 0.2) is 0 Å². The van der Waals surface area contributed by atoms with E-state index in [1.165, 1.54) is 18.2 Å². The first kappa shape index (κ1) is 17.0. The molecular formula is C17H14FN3O3S. The number of thioether (sulfide) groups is 1. The summed E-state index contributed by atoms with van der Waals surface area (Å²) < 4.78 is 23.9. The molecule has 0 bridgehead atoms. The van der Waals surface area contributed by atoms with Crippen molar-refractivity contribution in [2.24, 2.45) is 0 Å². The fourth-order valence-electron chi connectivity index (χ4n) is 2.09. The summed E-state index contributed by atoms with van der Waals surface area (Å²) in [5.41, 5.74) is 1.07. The van der Waals surface area contributed by atoms with E-state index in [0.717, 1.165) is 11.8 Å². The molecule has 0 fully saturated rings. The first-order valence-electron chi connectivity index (χ1n) is 7.31. The van der Waals surface area contributed by atoms with Gasteiger partial charge in [0.1, 0.15) is 11.6 Å². The minimum atomic E-state index is -0.413. The van der Waals surface area contributed by atoms with Crippen LogP contribution in [-0.4, -0.2) is 29.0 Å². The van der Waals surface area contributed by atoms with Crippen molar-refractivity contribution in [1.29, 1.82) is 0 Å². The molecule has 1 N–H and O–H groups in total. The van der Waals surface area contributed by atoms with E-state index in [1.54, 1.807) is 25.3 Å². The molecule has 2 aromatic carbocycles. The summed E-state index contributed by atoms with van der Waals surface area (Å²) in [6, 6.07) is 13.0. The van der Waals surface area contributed by atoms with Crippen LogP contribution in [0.25, 0.3) is 11.5 Å². The predicted molar refractivity (Wildman–Crippen MR) is 92.0 cm³/mol. The quantitative estimate of drug-likeness (QED) is 0.678. The average Bonchev–Trinajstić information content (AvgIpc) is 3.09. The van der Waals surface area contributed by atoms with Gasteiger partial charge >= 0.3 is 0 Å². The van der Waals surface area contributed by atoms with Crippen LogP contribution in [0.3, 0.4) is 0 Å². The molecule has 25 heavy (non-hydrogen) atoms. The molecule has 0 radical (unpaired) electrons. The summed E-state index contributed by atoms with van der Waals surface area (Å²) >= 11 is 1.09. The van der Waals surface area contributed by atoms with Crippen LogP contribution < -0.4 is 10.1 Å². The van der Waals surface area contributed by atoms with E-state index in [9.17, 15) is 9.18 Å². The Morgan fingerprint density at radius 1 is 1.24 bits per heavy atom. The Labute approximate surface area is 147 Å². The number of carbonyl (C=O) groups is 1. The zero-order chi connectivity index (χ0) is 17.6. The fourth-order valence-corrected chi connectivity index (χ4v) is 2.65. The van der Waals surface area contributed by atoms with Gasteiger partial charge in [-0.1, -0.05) is 30.0 Å². The van der Waals surface area contributed by atoms with Crippen molar-refractivity contribution in [1.82, 2.24) is 10.2 Å². The van der Waals surface area contributed by atoms with Crippen molar-refractivity contribution in [3.63, 3.8) is 0 Å². The minimum Gasteiger partial charge on any atom is -0.496 e. The third-order valence-electron chi connectivity index (χ3n) is 3.18. The number of halogens is 1. The molecule has 6 nitrogen and oxygen atoms in total. The Hall–Kier alpha value is -2.87. The second kappa shape index (κ2) is 7.80. The highest BCUT2D eigenvalue weighted by molar-refractivity contribution is 7.99. The molecule has 8 heteroatoms. The number of hydrogen-bond acceptors (Lipinski definition) is 6. The van der Waals surface area contributed by atoms with Gasteiger partial charge in [-0.2, -0.15) is 0 Å². The van der Waals surface area contributed by atoms with Gasteiger partial charge in [-0.05, 0) is 30.3 Å². The van der Waals surface area contributed by atoms with Crippen LogP contribution in [0.1, 0.15) is 0 Å². The highest BCUT2D eigenvalue weighted by Gasteiger charge is 2.14. The molecule has 1 amide bonds. The number of ether oxygens (including phenoxy) is 1. The molecule has 0 saturated carbocycles. The molecular weight excluding hydrogens is 345 g/mol. The number of aromatic nitrogens is 2. The van der Waals surface area contributed by atoms with Gasteiger partial charge in [0.2, 0.25) is 5.91 Å².